The van der Waals surface area contributed by atoms with E-state index in [1.54, 1.807) is 11.3 Å². The molecule has 1 unspecified atom stereocenters. The summed E-state index contributed by atoms with van der Waals surface area (Å²) in [7, 11) is 0. The normalized spacial score (nSPS) is 17.2. The molecular formula is C16H17NO3S. The molecule has 3 rings (SSSR count). The van der Waals surface area contributed by atoms with E-state index in [4.69, 9.17) is 4.74 Å². The molecule has 1 aliphatic rings. The van der Waals surface area contributed by atoms with E-state index in [0.29, 0.717) is 13.0 Å². The molecule has 4 nitrogen and oxygen atoms in total. The number of carboxylic acids is 1. The number of aryl methyl sites for hydroxylation is 1. The van der Waals surface area contributed by atoms with E-state index < -0.39 is 11.9 Å². The number of ether oxygens (including phenoxy) is 1. The number of rotatable bonds is 5. The van der Waals surface area contributed by atoms with Gasteiger partial charge in [0.25, 0.3) is 0 Å². The molecule has 5 heteroatoms. The fraction of sp³-hybridized carbons (Fsp3) is 0.375. The summed E-state index contributed by atoms with van der Waals surface area (Å²) in [5.74, 6) is -0.329. The zero-order valence-corrected chi connectivity index (χ0v) is 12.4. The van der Waals surface area contributed by atoms with Crippen molar-refractivity contribution in [1.82, 2.24) is 4.98 Å². The zero-order valence-electron chi connectivity index (χ0n) is 11.6. The van der Waals surface area contributed by atoms with Crippen LogP contribution >= 0.6 is 11.3 Å². The molecule has 0 saturated carbocycles. The van der Waals surface area contributed by atoms with E-state index in [1.165, 1.54) is 0 Å². The minimum Gasteiger partial charge on any atom is -0.493 e. The Morgan fingerprint density at radius 3 is 2.95 bits per heavy atom. The van der Waals surface area contributed by atoms with E-state index in [9.17, 15) is 9.90 Å². The van der Waals surface area contributed by atoms with Crippen molar-refractivity contribution in [3.63, 3.8) is 0 Å². The van der Waals surface area contributed by atoms with Crippen LogP contribution < -0.4 is 4.74 Å². The highest BCUT2D eigenvalue weighted by atomic mass is 32.1. The molecule has 21 heavy (non-hydrogen) atoms. The molecule has 2 aromatic rings. The van der Waals surface area contributed by atoms with Gasteiger partial charge in [0.1, 0.15) is 5.75 Å². The Balaban J connectivity index is 1.63. The molecule has 0 radical (unpaired) electrons. The van der Waals surface area contributed by atoms with Gasteiger partial charge in [0.2, 0.25) is 0 Å². The topological polar surface area (TPSA) is 59.4 Å². The molecule has 1 heterocycles. The summed E-state index contributed by atoms with van der Waals surface area (Å²) < 4.78 is 5.67. The van der Waals surface area contributed by atoms with Gasteiger partial charge < -0.3 is 9.84 Å². The van der Waals surface area contributed by atoms with Crippen LogP contribution in [-0.2, 0) is 17.6 Å². The van der Waals surface area contributed by atoms with Crippen LogP contribution in [0, 0.1) is 0 Å². The Morgan fingerprint density at radius 1 is 1.38 bits per heavy atom. The number of aromatic nitrogens is 1. The third-order valence-electron chi connectivity index (χ3n) is 3.62. The van der Waals surface area contributed by atoms with Crippen LogP contribution in [-0.4, -0.2) is 22.7 Å². The molecule has 1 aliphatic carbocycles. The van der Waals surface area contributed by atoms with Gasteiger partial charge in [0.05, 0.1) is 23.2 Å². The first kappa shape index (κ1) is 14.1. The Bertz CT molecular complexity index is 624. The van der Waals surface area contributed by atoms with E-state index in [1.807, 2.05) is 30.3 Å². The molecule has 1 atom stereocenters. The summed E-state index contributed by atoms with van der Waals surface area (Å²) >= 11 is 1.64. The molecule has 0 amide bonds. The van der Waals surface area contributed by atoms with Crippen molar-refractivity contribution in [2.75, 3.05) is 6.61 Å². The minimum atomic E-state index is -0.756. The number of hydrogen-bond donors (Lipinski definition) is 1. The van der Waals surface area contributed by atoms with Gasteiger partial charge in [-0.05, 0) is 31.4 Å². The molecule has 0 bridgehead atoms. The number of thiazole rings is 1. The van der Waals surface area contributed by atoms with Crippen LogP contribution in [0.3, 0.4) is 0 Å². The van der Waals surface area contributed by atoms with Crippen molar-refractivity contribution in [3.05, 3.63) is 45.9 Å². The minimum absolute atomic E-state index is 0.422. The molecule has 0 spiro atoms. The monoisotopic (exact) mass is 303 g/mol. The fourth-order valence-electron chi connectivity index (χ4n) is 2.59. The highest BCUT2D eigenvalue weighted by molar-refractivity contribution is 7.11. The Morgan fingerprint density at radius 2 is 2.19 bits per heavy atom. The van der Waals surface area contributed by atoms with Gasteiger partial charge in [-0.25, -0.2) is 4.98 Å². The SMILES string of the molecule is O=C(O)C1CCCc2sc(CCOc3ccccc3)nc21. The largest absolute Gasteiger partial charge is 0.493 e. The lowest BCUT2D eigenvalue weighted by Gasteiger charge is -2.16. The average molecular weight is 303 g/mol. The standard InChI is InChI=1S/C16H17NO3S/c18-16(19)12-7-4-8-13-15(12)17-14(21-13)9-10-20-11-5-2-1-3-6-11/h1-3,5-6,12H,4,7-10H2,(H,18,19). The molecule has 1 aromatic heterocycles. The number of carboxylic acid groups (broad SMARTS) is 1. The molecule has 0 saturated heterocycles. The first-order valence-corrected chi connectivity index (χ1v) is 7.95. The van der Waals surface area contributed by atoms with Gasteiger partial charge in [-0.1, -0.05) is 18.2 Å². The maximum absolute atomic E-state index is 11.3. The third-order valence-corrected chi connectivity index (χ3v) is 4.82. The molecule has 1 aromatic carbocycles. The quantitative estimate of drug-likeness (QED) is 0.921. The first-order valence-electron chi connectivity index (χ1n) is 7.13. The van der Waals surface area contributed by atoms with Crippen molar-refractivity contribution in [1.29, 1.82) is 0 Å². The average Bonchev–Trinajstić information content (AvgIpc) is 2.90. The van der Waals surface area contributed by atoms with Gasteiger partial charge in [0.15, 0.2) is 0 Å². The number of fused-ring (bicyclic) bond motifs is 1. The molecule has 110 valence electrons. The summed E-state index contributed by atoms with van der Waals surface area (Å²) in [5, 5.41) is 10.2. The Hall–Kier alpha value is -1.88. The van der Waals surface area contributed by atoms with E-state index in [0.717, 1.165) is 40.6 Å². The van der Waals surface area contributed by atoms with Crippen molar-refractivity contribution in [2.45, 2.75) is 31.6 Å². The van der Waals surface area contributed by atoms with Crippen LogP contribution in [0.1, 0.15) is 34.3 Å². The van der Waals surface area contributed by atoms with Crippen LogP contribution in [0.15, 0.2) is 30.3 Å². The number of para-hydroxylation sites is 1. The van der Waals surface area contributed by atoms with Gasteiger partial charge in [-0.3, -0.25) is 4.79 Å². The maximum atomic E-state index is 11.3. The number of benzene rings is 1. The van der Waals surface area contributed by atoms with Crippen molar-refractivity contribution in [2.24, 2.45) is 0 Å². The van der Waals surface area contributed by atoms with Crippen LogP contribution in [0.25, 0.3) is 0 Å². The lowest BCUT2D eigenvalue weighted by molar-refractivity contribution is -0.139. The second-order valence-corrected chi connectivity index (χ2v) is 6.28. The zero-order chi connectivity index (χ0) is 14.7. The van der Waals surface area contributed by atoms with Gasteiger partial charge in [0, 0.05) is 11.3 Å². The summed E-state index contributed by atoms with van der Waals surface area (Å²) in [4.78, 5) is 16.9. The van der Waals surface area contributed by atoms with E-state index in [2.05, 4.69) is 4.98 Å². The number of carbonyl (C=O) groups is 1. The second kappa shape index (κ2) is 6.26. The smallest absolute Gasteiger partial charge is 0.312 e. The van der Waals surface area contributed by atoms with E-state index in [-0.39, 0.29) is 0 Å². The number of aliphatic carboxylic acids is 1. The van der Waals surface area contributed by atoms with Crippen molar-refractivity contribution >= 4 is 17.3 Å². The van der Waals surface area contributed by atoms with Gasteiger partial charge in [-0.15, -0.1) is 11.3 Å². The Kier molecular flexibility index (Phi) is 4.20. The second-order valence-electron chi connectivity index (χ2n) is 5.11. The maximum Gasteiger partial charge on any atom is 0.312 e. The lowest BCUT2D eigenvalue weighted by atomic mass is 9.91. The molecule has 1 N–H and O–H groups in total. The molecule has 0 fully saturated rings. The van der Waals surface area contributed by atoms with E-state index >= 15 is 0 Å². The number of hydrogen-bond acceptors (Lipinski definition) is 4. The summed E-state index contributed by atoms with van der Waals surface area (Å²) in [6, 6.07) is 9.68. The molecular weight excluding hydrogens is 286 g/mol. The highest BCUT2D eigenvalue weighted by Gasteiger charge is 2.29. The summed E-state index contributed by atoms with van der Waals surface area (Å²) in [6.45, 7) is 0.564. The highest BCUT2D eigenvalue weighted by Crippen LogP contribution is 2.35. The molecule has 0 aliphatic heterocycles. The predicted octanol–water partition coefficient (Wildman–Crippen LogP) is 3.27. The lowest BCUT2D eigenvalue weighted by Crippen LogP contribution is -2.17. The third kappa shape index (κ3) is 3.24. The summed E-state index contributed by atoms with van der Waals surface area (Å²) in [5.41, 5.74) is 0.786. The predicted molar refractivity (Wildman–Crippen MR) is 81.1 cm³/mol. The van der Waals surface area contributed by atoms with Crippen LogP contribution in [0.5, 0.6) is 5.75 Å². The first-order chi connectivity index (χ1) is 10.2. The Labute approximate surface area is 127 Å². The van der Waals surface area contributed by atoms with Gasteiger partial charge in [-0.2, -0.15) is 0 Å². The van der Waals surface area contributed by atoms with Crippen LogP contribution in [0.4, 0.5) is 0 Å². The van der Waals surface area contributed by atoms with Crippen molar-refractivity contribution < 1.29 is 14.6 Å². The number of nitrogens with zero attached hydrogens (tertiary/aromatic N) is 1. The summed E-state index contributed by atoms with van der Waals surface area (Å²) in [6.07, 6.45) is 3.31. The van der Waals surface area contributed by atoms with Crippen molar-refractivity contribution in [3.8, 4) is 5.75 Å². The van der Waals surface area contributed by atoms with Crippen LogP contribution in [0.2, 0.25) is 0 Å². The van der Waals surface area contributed by atoms with Gasteiger partial charge >= 0.3 is 5.97 Å². The fourth-order valence-corrected chi connectivity index (χ4v) is 3.74.